The van der Waals surface area contributed by atoms with Crippen LogP contribution >= 0.6 is 0 Å². The van der Waals surface area contributed by atoms with E-state index >= 15 is 0 Å². The van der Waals surface area contributed by atoms with Crippen molar-refractivity contribution in [2.45, 2.75) is 0 Å². The van der Waals surface area contributed by atoms with Gasteiger partial charge in [-0.2, -0.15) is 0 Å². The van der Waals surface area contributed by atoms with E-state index in [0.717, 1.165) is 27.9 Å². The Morgan fingerprint density at radius 3 is 2.74 bits per heavy atom. The standard InChI is InChI=1S/C15H10N4/c1-2-4-12-11(3-1)5-6-13(17-12)14-9-19-10-16-8-7-15(19)18-14/h1-10H. The maximum atomic E-state index is 4.64. The molecule has 3 heterocycles. The zero-order valence-corrected chi connectivity index (χ0v) is 10.1. The predicted molar refractivity (Wildman–Crippen MR) is 73.7 cm³/mol. The van der Waals surface area contributed by atoms with Gasteiger partial charge in [0.1, 0.15) is 17.7 Å². The van der Waals surface area contributed by atoms with E-state index in [-0.39, 0.29) is 0 Å². The number of pyridine rings is 1. The Bertz CT molecular complexity index is 846. The second-order valence-corrected chi connectivity index (χ2v) is 4.36. The summed E-state index contributed by atoms with van der Waals surface area (Å²) in [6, 6.07) is 14.0. The molecule has 0 amide bonds. The quantitative estimate of drug-likeness (QED) is 0.518. The average Bonchev–Trinajstić information content (AvgIpc) is 2.90. The van der Waals surface area contributed by atoms with Crippen molar-refractivity contribution in [3.63, 3.8) is 0 Å². The maximum absolute atomic E-state index is 4.64. The molecule has 4 rings (SSSR count). The first-order valence-corrected chi connectivity index (χ1v) is 6.05. The Labute approximate surface area is 109 Å². The molecule has 0 atom stereocenters. The molecule has 90 valence electrons. The Morgan fingerprint density at radius 2 is 1.79 bits per heavy atom. The van der Waals surface area contributed by atoms with E-state index in [1.165, 1.54) is 0 Å². The highest BCUT2D eigenvalue weighted by molar-refractivity contribution is 5.81. The summed E-state index contributed by atoms with van der Waals surface area (Å²) in [6.07, 6.45) is 5.42. The zero-order valence-electron chi connectivity index (χ0n) is 10.1. The van der Waals surface area contributed by atoms with Crippen molar-refractivity contribution in [2.24, 2.45) is 0 Å². The van der Waals surface area contributed by atoms with Crippen molar-refractivity contribution in [3.05, 3.63) is 61.2 Å². The molecule has 0 saturated heterocycles. The van der Waals surface area contributed by atoms with Gasteiger partial charge in [0.05, 0.1) is 11.2 Å². The van der Waals surface area contributed by atoms with Crippen LogP contribution in [0.2, 0.25) is 0 Å². The van der Waals surface area contributed by atoms with Crippen LogP contribution in [0.4, 0.5) is 0 Å². The molecular formula is C15H10N4. The largest absolute Gasteiger partial charge is 0.290 e. The van der Waals surface area contributed by atoms with Crippen LogP contribution in [0, 0.1) is 0 Å². The van der Waals surface area contributed by atoms with E-state index < -0.39 is 0 Å². The van der Waals surface area contributed by atoms with Gasteiger partial charge in [-0.15, -0.1) is 0 Å². The maximum Gasteiger partial charge on any atom is 0.140 e. The minimum Gasteiger partial charge on any atom is -0.290 e. The lowest BCUT2D eigenvalue weighted by atomic mass is 10.2. The molecule has 0 bridgehead atoms. The van der Waals surface area contributed by atoms with E-state index in [0.29, 0.717) is 0 Å². The molecule has 0 spiro atoms. The van der Waals surface area contributed by atoms with Gasteiger partial charge in [0.2, 0.25) is 0 Å². The molecule has 3 aromatic heterocycles. The third kappa shape index (κ3) is 1.65. The molecule has 0 unspecified atom stereocenters. The first-order chi connectivity index (χ1) is 9.40. The van der Waals surface area contributed by atoms with Gasteiger partial charge in [-0.1, -0.05) is 24.3 Å². The summed E-state index contributed by atoms with van der Waals surface area (Å²) in [6.45, 7) is 0. The summed E-state index contributed by atoms with van der Waals surface area (Å²) in [5.41, 5.74) is 3.59. The minimum absolute atomic E-state index is 0.860. The normalized spacial score (nSPS) is 11.2. The summed E-state index contributed by atoms with van der Waals surface area (Å²) in [7, 11) is 0. The number of fused-ring (bicyclic) bond motifs is 2. The number of aromatic nitrogens is 4. The Hall–Kier alpha value is -2.75. The highest BCUT2D eigenvalue weighted by atomic mass is 15.0. The van der Waals surface area contributed by atoms with E-state index in [2.05, 4.69) is 27.1 Å². The van der Waals surface area contributed by atoms with Crippen LogP contribution < -0.4 is 0 Å². The lowest BCUT2D eigenvalue weighted by Gasteiger charge is -1.99. The lowest BCUT2D eigenvalue weighted by molar-refractivity contribution is 1.09. The van der Waals surface area contributed by atoms with Crippen LogP contribution in [0.3, 0.4) is 0 Å². The molecular weight excluding hydrogens is 236 g/mol. The summed E-state index contributed by atoms with van der Waals surface area (Å²) in [5, 5.41) is 1.14. The first-order valence-electron chi connectivity index (χ1n) is 6.05. The zero-order chi connectivity index (χ0) is 12.7. The van der Waals surface area contributed by atoms with Crippen LogP contribution in [-0.2, 0) is 0 Å². The second kappa shape index (κ2) is 3.88. The van der Waals surface area contributed by atoms with Crippen molar-refractivity contribution in [2.75, 3.05) is 0 Å². The number of benzene rings is 1. The van der Waals surface area contributed by atoms with Gasteiger partial charge in [0, 0.05) is 17.8 Å². The Kier molecular flexibility index (Phi) is 2.08. The van der Waals surface area contributed by atoms with E-state index in [1.54, 1.807) is 12.5 Å². The summed E-state index contributed by atoms with van der Waals surface area (Å²) in [5.74, 6) is 0. The van der Waals surface area contributed by atoms with Gasteiger partial charge < -0.3 is 0 Å². The van der Waals surface area contributed by atoms with Crippen LogP contribution in [0.25, 0.3) is 27.9 Å². The third-order valence-corrected chi connectivity index (χ3v) is 3.12. The molecule has 1 aromatic carbocycles. The molecule has 4 heteroatoms. The van der Waals surface area contributed by atoms with Crippen molar-refractivity contribution in [1.82, 2.24) is 19.4 Å². The number of rotatable bonds is 1. The third-order valence-electron chi connectivity index (χ3n) is 3.12. The van der Waals surface area contributed by atoms with Crippen molar-refractivity contribution in [1.29, 1.82) is 0 Å². The summed E-state index contributed by atoms with van der Waals surface area (Å²) >= 11 is 0. The van der Waals surface area contributed by atoms with Crippen LogP contribution in [0.1, 0.15) is 0 Å². The minimum atomic E-state index is 0.860. The van der Waals surface area contributed by atoms with Crippen LogP contribution in [-0.4, -0.2) is 19.4 Å². The highest BCUT2D eigenvalue weighted by Gasteiger charge is 2.06. The van der Waals surface area contributed by atoms with Gasteiger partial charge in [0.25, 0.3) is 0 Å². The van der Waals surface area contributed by atoms with Crippen molar-refractivity contribution >= 4 is 16.6 Å². The van der Waals surface area contributed by atoms with E-state index in [9.17, 15) is 0 Å². The van der Waals surface area contributed by atoms with Crippen LogP contribution in [0.15, 0.2) is 61.2 Å². The van der Waals surface area contributed by atoms with Gasteiger partial charge in [-0.25, -0.2) is 15.0 Å². The number of imidazole rings is 1. The number of nitrogens with zero attached hydrogens (tertiary/aromatic N) is 4. The fourth-order valence-electron chi connectivity index (χ4n) is 2.18. The average molecular weight is 246 g/mol. The van der Waals surface area contributed by atoms with E-state index in [4.69, 9.17) is 0 Å². The van der Waals surface area contributed by atoms with Crippen molar-refractivity contribution < 1.29 is 0 Å². The lowest BCUT2D eigenvalue weighted by Crippen LogP contribution is -1.84. The molecule has 4 aromatic rings. The first kappa shape index (κ1) is 10.2. The monoisotopic (exact) mass is 246 g/mol. The number of hydrogen-bond acceptors (Lipinski definition) is 3. The Balaban J connectivity index is 1.93. The molecule has 4 nitrogen and oxygen atoms in total. The highest BCUT2D eigenvalue weighted by Crippen LogP contribution is 2.20. The predicted octanol–water partition coefficient (Wildman–Crippen LogP) is 2.94. The molecule has 0 fully saturated rings. The summed E-state index contributed by atoms with van der Waals surface area (Å²) < 4.78 is 1.90. The van der Waals surface area contributed by atoms with Gasteiger partial charge in [-0.05, 0) is 18.2 Å². The second-order valence-electron chi connectivity index (χ2n) is 4.36. The molecule has 0 N–H and O–H groups in total. The fourth-order valence-corrected chi connectivity index (χ4v) is 2.18. The SMILES string of the molecule is c1ccc2nc(-c3cn4cnccc4n3)ccc2c1. The smallest absolute Gasteiger partial charge is 0.140 e. The topological polar surface area (TPSA) is 43.1 Å². The van der Waals surface area contributed by atoms with Gasteiger partial charge in [-0.3, -0.25) is 4.40 Å². The molecule has 0 saturated carbocycles. The molecule has 0 aliphatic carbocycles. The summed E-state index contributed by atoms with van der Waals surface area (Å²) in [4.78, 5) is 13.3. The number of hydrogen-bond donors (Lipinski definition) is 0. The van der Waals surface area contributed by atoms with Crippen LogP contribution in [0.5, 0.6) is 0 Å². The van der Waals surface area contributed by atoms with Gasteiger partial charge >= 0.3 is 0 Å². The molecule has 0 aliphatic rings. The molecule has 19 heavy (non-hydrogen) atoms. The van der Waals surface area contributed by atoms with Crippen molar-refractivity contribution in [3.8, 4) is 11.4 Å². The molecule has 0 aliphatic heterocycles. The fraction of sp³-hybridized carbons (Fsp3) is 0. The van der Waals surface area contributed by atoms with E-state index in [1.807, 2.05) is 40.9 Å². The van der Waals surface area contributed by atoms with Gasteiger partial charge in [0.15, 0.2) is 0 Å². The number of para-hydroxylation sites is 1. The Morgan fingerprint density at radius 1 is 0.842 bits per heavy atom. The molecule has 0 radical (unpaired) electrons.